The first-order valence-corrected chi connectivity index (χ1v) is 7.60. The largest absolute Gasteiger partial charge is 0.356 e. The number of anilines is 1. The summed E-state index contributed by atoms with van der Waals surface area (Å²) in [6.45, 7) is 8.72. The third kappa shape index (κ3) is 3.93. The maximum absolute atomic E-state index is 6.02. The van der Waals surface area contributed by atoms with Crippen LogP contribution >= 0.6 is 0 Å². The first kappa shape index (κ1) is 14.3. The molecule has 0 spiro atoms. The summed E-state index contributed by atoms with van der Waals surface area (Å²) in [6, 6.07) is 2.51. The van der Waals surface area contributed by atoms with E-state index < -0.39 is 0 Å². The van der Waals surface area contributed by atoms with Gasteiger partial charge in [0.05, 0.1) is 0 Å². The van der Waals surface area contributed by atoms with E-state index in [2.05, 4.69) is 36.7 Å². The summed E-state index contributed by atoms with van der Waals surface area (Å²) >= 11 is 0. The lowest BCUT2D eigenvalue weighted by molar-refractivity contribution is 0.644. The molecule has 0 radical (unpaired) electrons. The fourth-order valence-corrected chi connectivity index (χ4v) is 2.49. The Morgan fingerprint density at radius 1 is 1.42 bits per heavy atom. The summed E-state index contributed by atoms with van der Waals surface area (Å²) in [4.78, 5) is 7.10. The smallest absolute Gasteiger partial charge is 0.131 e. The standard InChI is InChI=1S/C16H27N3/c1-4-15(17)9-14-8-12(3)16(18-10-14)19(5-2)11-13-6-7-13/h8,10,13,15H,4-7,9,11,17H2,1-3H3. The molecule has 1 aliphatic carbocycles. The van der Waals surface area contributed by atoms with Crippen LogP contribution in [0.3, 0.4) is 0 Å². The molecular weight excluding hydrogens is 234 g/mol. The normalized spacial score (nSPS) is 16.4. The van der Waals surface area contributed by atoms with Gasteiger partial charge >= 0.3 is 0 Å². The maximum Gasteiger partial charge on any atom is 0.131 e. The molecule has 3 nitrogen and oxygen atoms in total. The van der Waals surface area contributed by atoms with E-state index in [9.17, 15) is 0 Å². The average molecular weight is 261 g/mol. The summed E-state index contributed by atoms with van der Waals surface area (Å²) < 4.78 is 0. The Balaban J connectivity index is 2.08. The van der Waals surface area contributed by atoms with Crippen molar-refractivity contribution in [3.63, 3.8) is 0 Å². The number of rotatable bonds is 7. The van der Waals surface area contributed by atoms with Crippen LogP contribution in [0.25, 0.3) is 0 Å². The Bertz CT molecular complexity index is 412. The monoisotopic (exact) mass is 261 g/mol. The average Bonchev–Trinajstić information content (AvgIpc) is 3.20. The van der Waals surface area contributed by atoms with Crippen LogP contribution in [0, 0.1) is 12.8 Å². The molecule has 106 valence electrons. The zero-order chi connectivity index (χ0) is 13.8. The van der Waals surface area contributed by atoms with Crippen molar-refractivity contribution in [3.05, 3.63) is 23.4 Å². The van der Waals surface area contributed by atoms with Crippen LogP contribution in [0.4, 0.5) is 5.82 Å². The van der Waals surface area contributed by atoms with Crippen molar-refractivity contribution >= 4 is 5.82 Å². The zero-order valence-corrected chi connectivity index (χ0v) is 12.5. The van der Waals surface area contributed by atoms with E-state index in [0.717, 1.165) is 37.7 Å². The topological polar surface area (TPSA) is 42.1 Å². The lowest BCUT2D eigenvalue weighted by Gasteiger charge is -2.24. The van der Waals surface area contributed by atoms with Gasteiger partial charge < -0.3 is 10.6 Å². The van der Waals surface area contributed by atoms with Gasteiger partial charge in [0, 0.05) is 25.3 Å². The number of aromatic nitrogens is 1. The number of hydrogen-bond acceptors (Lipinski definition) is 3. The van der Waals surface area contributed by atoms with Gasteiger partial charge in [0.1, 0.15) is 5.82 Å². The van der Waals surface area contributed by atoms with Crippen LogP contribution in [-0.4, -0.2) is 24.1 Å². The van der Waals surface area contributed by atoms with Crippen molar-refractivity contribution in [3.8, 4) is 0 Å². The highest BCUT2D eigenvalue weighted by Crippen LogP contribution is 2.31. The lowest BCUT2D eigenvalue weighted by atomic mass is 10.0. The third-order valence-corrected chi connectivity index (χ3v) is 3.99. The Hall–Kier alpha value is -1.09. The third-order valence-electron chi connectivity index (χ3n) is 3.99. The van der Waals surface area contributed by atoms with Gasteiger partial charge in [-0.05, 0) is 56.6 Å². The second-order valence-corrected chi connectivity index (χ2v) is 5.84. The van der Waals surface area contributed by atoms with E-state index in [1.54, 1.807) is 0 Å². The van der Waals surface area contributed by atoms with Gasteiger partial charge in [-0.15, -0.1) is 0 Å². The van der Waals surface area contributed by atoms with E-state index in [-0.39, 0.29) is 6.04 Å². The van der Waals surface area contributed by atoms with Crippen LogP contribution in [0.1, 0.15) is 44.2 Å². The van der Waals surface area contributed by atoms with Crippen molar-refractivity contribution in [2.75, 3.05) is 18.0 Å². The second kappa shape index (κ2) is 6.38. The Labute approximate surface area is 117 Å². The maximum atomic E-state index is 6.02. The first-order chi connectivity index (χ1) is 9.13. The van der Waals surface area contributed by atoms with Crippen LogP contribution in [0.2, 0.25) is 0 Å². The molecule has 1 aromatic rings. The number of hydrogen-bond donors (Lipinski definition) is 1. The van der Waals surface area contributed by atoms with Crippen molar-refractivity contribution in [1.82, 2.24) is 4.98 Å². The zero-order valence-electron chi connectivity index (χ0n) is 12.5. The Morgan fingerprint density at radius 3 is 2.68 bits per heavy atom. The quantitative estimate of drug-likeness (QED) is 0.820. The predicted molar refractivity (Wildman–Crippen MR) is 81.6 cm³/mol. The van der Waals surface area contributed by atoms with E-state index in [1.807, 2.05) is 6.20 Å². The highest BCUT2D eigenvalue weighted by molar-refractivity contribution is 5.47. The number of nitrogens with two attached hydrogens (primary N) is 1. The van der Waals surface area contributed by atoms with Gasteiger partial charge in [0.15, 0.2) is 0 Å². The molecule has 3 heteroatoms. The van der Waals surface area contributed by atoms with E-state index in [1.165, 1.54) is 24.0 Å². The van der Waals surface area contributed by atoms with Gasteiger partial charge in [-0.2, -0.15) is 0 Å². The van der Waals surface area contributed by atoms with Gasteiger partial charge in [0.2, 0.25) is 0 Å². The molecule has 1 atom stereocenters. The Morgan fingerprint density at radius 2 is 2.16 bits per heavy atom. The van der Waals surface area contributed by atoms with E-state index in [4.69, 9.17) is 5.73 Å². The summed E-state index contributed by atoms with van der Waals surface area (Å²) in [7, 11) is 0. The number of nitrogens with zero attached hydrogens (tertiary/aromatic N) is 2. The molecule has 0 amide bonds. The van der Waals surface area contributed by atoms with Gasteiger partial charge in [-0.3, -0.25) is 0 Å². The van der Waals surface area contributed by atoms with Gasteiger partial charge in [0.25, 0.3) is 0 Å². The molecule has 0 saturated heterocycles. The molecular formula is C16H27N3. The molecule has 19 heavy (non-hydrogen) atoms. The van der Waals surface area contributed by atoms with Gasteiger partial charge in [-0.25, -0.2) is 4.98 Å². The molecule has 2 rings (SSSR count). The van der Waals surface area contributed by atoms with Crippen LogP contribution < -0.4 is 10.6 Å². The number of aryl methyl sites for hydroxylation is 1. The van der Waals surface area contributed by atoms with E-state index in [0.29, 0.717) is 0 Å². The SMILES string of the molecule is CCC(N)Cc1cnc(N(CC)CC2CC2)c(C)c1. The van der Waals surface area contributed by atoms with E-state index >= 15 is 0 Å². The lowest BCUT2D eigenvalue weighted by Crippen LogP contribution is -2.27. The van der Waals surface area contributed by atoms with Crippen LogP contribution in [0.5, 0.6) is 0 Å². The second-order valence-electron chi connectivity index (χ2n) is 5.84. The van der Waals surface area contributed by atoms with Gasteiger partial charge in [-0.1, -0.05) is 13.0 Å². The minimum absolute atomic E-state index is 0.251. The first-order valence-electron chi connectivity index (χ1n) is 7.60. The van der Waals surface area contributed by atoms with Crippen molar-refractivity contribution in [2.24, 2.45) is 11.7 Å². The highest BCUT2D eigenvalue weighted by Gasteiger charge is 2.24. The molecule has 1 unspecified atom stereocenters. The molecule has 1 fully saturated rings. The highest BCUT2D eigenvalue weighted by atomic mass is 15.2. The predicted octanol–water partition coefficient (Wildman–Crippen LogP) is 2.91. The molecule has 0 aliphatic heterocycles. The molecule has 1 aliphatic rings. The summed E-state index contributed by atoms with van der Waals surface area (Å²) in [6.07, 6.45) is 6.73. The molecule has 2 N–H and O–H groups in total. The summed E-state index contributed by atoms with van der Waals surface area (Å²) in [5.41, 5.74) is 8.56. The fraction of sp³-hybridized carbons (Fsp3) is 0.688. The summed E-state index contributed by atoms with van der Waals surface area (Å²) in [5.74, 6) is 2.05. The molecule has 0 aromatic carbocycles. The minimum atomic E-state index is 0.251. The van der Waals surface area contributed by atoms with Crippen LogP contribution in [-0.2, 0) is 6.42 Å². The van der Waals surface area contributed by atoms with Crippen molar-refractivity contribution in [1.29, 1.82) is 0 Å². The molecule has 1 heterocycles. The minimum Gasteiger partial charge on any atom is -0.356 e. The fourth-order valence-electron chi connectivity index (χ4n) is 2.49. The Kier molecular flexibility index (Phi) is 4.81. The van der Waals surface area contributed by atoms with Crippen molar-refractivity contribution in [2.45, 2.75) is 52.5 Å². The van der Waals surface area contributed by atoms with Crippen LogP contribution in [0.15, 0.2) is 12.3 Å². The summed E-state index contributed by atoms with van der Waals surface area (Å²) in [5, 5.41) is 0. The molecule has 1 aromatic heterocycles. The van der Waals surface area contributed by atoms with Crippen molar-refractivity contribution < 1.29 is 0 Å². The number of pyridine rings is 1. The molecule has 1 saturated carbocycles. The molecule has 0 bridgehead atoms.